The summed E-state index contributed by atoms with van der Waals surface area (Å²) >= 11 is 0. The summed E-state index contributed by atoms with van der Waals surface area (Å²) in [7, 11) is 0. The van der Waals surface area contributed by atoms with Crippen molar-refractivity contribution in [1.82, 2.24) is 0 Å². The Morgan fingerprint density at radius 1 is 0.944 bits per heavy atom. The largest absolute Gasteiger partial charge is 0.390 e. The highest BCUT2D eigenvalue weighted by Gasteiger charge is 2.18. The summed E-state index contributed by atoms with van der Waals surface area (Å²) in [5.41, 5.74) is 5.11. The standard InChI is InChI=1S/C17H28O/c1-12-10-14(16(3,4)5)11-13(2)15(12)8-9-17(6,7)18/h10-11,18H,8-9H2,1-7H3. The molecule has 1 nitrogen and oxygen atoms in total. The maximum atomic E-state index is 9.84. The minimum absolute atomic E-state index is 0.199. The average molecular weight is 248 g/mol. The number of benzene rings is 1. The zero-order valence-electron chi connectivity index (χ0n) is 13.0. The maximum Gasteiger partial charge on any atom is 0.0594 e. The molecule has 0 atom stereocenters. The van der Waals surface area contributed by atoms with Gasteiger partial charge in [0.15, 0.2) is 0 Å². The molecule has 0 radical (unpaired) electrons. The molecule has 0 saturated carbocycles. The lowest BCUT2D eigenvalue weighted by Crippen LogP contribution is -2.20. The van der Waals surface area contributed by atoms with Gasteiger partial charge in [0.05, 0.1) is 5.60 Å². The Morgan fingerprint density at radius 3 is 1.72 bits per heavy atom. The van der Waals surface area contributed by atoms with Gasteiger partial charge in [-0.25, -0.2) is 0 Å². The zero-order chi connectivity index (χ0) is 14.1. The molecule has 1 heteroatoms. The van der Waals surface area contributed by atoms with E-state index in [1.54, 1.807) is 0 Å². The summed E-state index contributed by atoms with van der Waals surface area (Å²) in [6, 6.07) is 4.60. The Hall–Kier alpha value is -0.820. The Bertz CT molecular complexity index is 393. The molecule has 18 heavy (non-hydrogen) atoms. The number of aryl methyl sites for hydroxylation is 2. The van der Waals surface area contributed by atoms with Crippen LogP contribution in [0, 0.1) is 13.8 Å². The van der Waals surface area contributed by atoms with Crippen molar-refractivity contribution in [2.75, 3.05) is 0 Å². The lowest BCUT2D eigenvalue weighted by molar-refractivity contribution is 0.0713. The molecule has 1 aromatic carbocycles. The van der Waals surface area contributed by atoms with Crippen LogP contribution in [0.5, 0.6) is 0 Å². The van der Waals surface area contributed by atoms with E-state index in [1.165, 1.54) is 22.3 Å². The van der Waals surface area contributed by atoms with Gasteiger partial charge in [0, 0.05) is 0 Å². The lowest BCUT2D eigenvalue weighted by atomic mass is 9.82. The highest BCUT2D eigenvalue weighted by molar-refractivity contribution is 5.40. The molecule has 102 valence electrons. The van der Waals surface area contributed by atoms with Gasteiger partial charge in [0.25, 0.3) is 0 Å². The molecule has 1 N–H and O–H groups in total. The molecule has 0 aliphatic heterocycles. The lowest BCUT2D eigenvalue weighted by Gasteiger charge is -2.23. The molecule has 0 saturated heterocycles. The van der Waals surface area contributed by atoms with Gasteiger partial charge in [0.1, 0.15) is 0 Å². The van der Waals surface area contributed by atoms with E-state index >= 15 is 0 Å². The highest BCUT2D eigenvalue weighted by atomic mass is 16.3. The fraction of sp³-hybridized carbons (Fsp3) is 0.647. The van der Waals surface area contributed by atoms with Crippen LogP contribution in [-0.4, -0.2) is 10.7 Å². The SMILES string of the molecule is Cc1cc(C(C)(C)C)cc(C)c1CCC(C)(C)O. The van der Waals surface area contributed by atoms with Crippen LogP contribution in [0.2, 0.25) is 0 Å². The number of rotatable bonds is 3. The predicted molar refractivity (Wildman–Crippen MR) is 79.2 cm³/mol. The molecule has 0 heterocycles. The first-order valence-electron chi connectivity index (χ1n) is 6.84. The molecule has 0 fully saturated rings. The van der Waals surface area contributed by atoms with Crippen molar-refractivity contribution < 1.29 is 5.11 Å². The summed E-state index contributed by atoms with van der Waals surface area (Å²) in [6.07, 6.45) is 1.76. The van der Waals surface area contributed by atoms with Gasteiger partial charge in [-0.1, -0.05) is 32.9 Å². The highest BCUT2D eigenvalue weighted by Crippen LogP contribution is 2.28. The van der Waals surface area contributed by atoms with E-state index in [9.17, 15) is 5.11 Å². The van der Waals surface area contributed by atoms with Crippen LogP contribution in [0.3, 0.4) is 0 Å². The monoisotopic (exact) mass is 248 g/mol. The molecule has 0 unspecified atom stereocenters. The van der Waals surface area contributed by atoms with Crippen LogP contribution in [0.4, 0.5) is 0 Å². The number of hydrogen-bond acceptors (Lipinski definition) is 1. The van der Waals surface area contributed by atoms with E-state index in [-0.39, 0.29) is 5.41 Å². The Labute approximate surface area is 112 Å². The third-order valence-corrected chi connectivity index (χ3v) is 3.55. The van der Waals surface area contributed by atoms with Gasteiger partial charge in [-0.05, 0) is 68.2 Å². The zero-order valence-corrected chi connectivity index (χ0v) is 13.0. The second-order valence-electron chi connectivity index (χ2n) is 7.15. The first kappa shape index (κ1) is 15.2. The fourth-order valence-electron chi connectivity index (χ4n) is 2.25. The topological polar surface area (TPSA) is 20.2 Å². The van der Waals surface area contributed by atoms with Gasteiger partial charge in [0.2, 0.25) is 0 Å². The number of aliphatic hydroxyl groups is 1. The van der Waals surface area contributed by atoms with Crippen molar-refractivity contribution in [3.63, 3.8) is 0 Å². The Morgan fingerprint density at radius 2 is 1.39 bits per heavy atom. The van der Waals surface area contributed by atoms with Gasteiger partial charge < -0.3 is 5.11 Å². The third-order valence-electron chi connectivity index (χ3n) is 3.55. The Kier molecular flexibility index (Phi) is 4.27. The van der Waals surface area contributed by atoms with E-state index in [1.807, 2.05) is 13.8 Å². The molecule has 0 bridgehead atoms. The summed E-state index contributed by atoms with van der Waals surface area (Å²) in [6.45, 7) is 14.9. The molecule has 0 aliphatic carbocycles. The predicted octanol–water partition coefficient (Wildman–Crippen LogP) is 4.30. The molecule has 1 aromatic rings. The minimum Gasteiger partial charge on any atom is -0.390 e. The van der Waals surface area contributed by atoms with Crippen molar-refractivity contribution in [1.29, 1.82) is 0 Å². The summed E-state index contributed by atoms with van der Waals surface area (Å²) < 4.78 is 0. The third kappa shape index (κ3) is 4.13. The first-order valence-corrected chi connectivity index (χ1v) is 6.84. The van der Waals surface area contributed by atoms with Gasteiger partial charge in [-0.2, -0.15) is 0 Å². The second kappa shape index (κ2) is 5.05. The van der Waals surface area contributed by atoms with Crippen LogP contribution in [0.25, 0.3) is 0 Å². The fourth-order valence-corrected chi connectivity index (χ4v) is 2.25. The summed E-state index contributed by atoms with van der Waals surface area (Å²) in [4.78, 5) is 0. The van der Waals surface area contributed by atoms with Crippen LogP contribution in [-0.2, 0) is 11.8 Å². The van der Waals surface area contributed by atoms with Crippen LogP contribution in [0.15, 0.2) is 12.1 Å². The van der Waals surface area contributed by atoms with Crippen LogP contribution >= 0.6 is 0 Å². The van der Waals surface area contributed by atoms with E-state index in [0.29, 0.717) is 0 Å². The van der Waals surface area contributed by atoms with Gasteiger partial charge >= 0.3 is 0 Å². The second-order valence-corrected chi connectivity index (χ2v) is 7.15. The van der Waals surface area contributed by atoms with Gasteiger partial charge in [-0.15, -0.1) is 0 Å². The quantitative estimate of drug-likeness (QED) is 0.845. The molecule has 1 rings (SSSR count). The van der Waals surface area contributed by atoms with E-state index in [4.69, 9.17) is 0 Å². The summed E-state index contributed by atoms with van der Waals surface area (Å²) in [5, 5.41) is 9.84. The molecule has 0 aromatic heterocycles. The number of hydrogen-bond donors (Lipinski definition) is 1. The molecule has 0 spiro atoms. The van der Waals surface area contributed by atoms with E-state index < -0.39 is 5.60 Å². The molecular weight excluding hydrogens is 220 g/mol. The van der Waals surface area contributed by atoms with Crippen molar-refractivity contribution in [2.24, 2.45) is 0 Å². The normalized spacial score (nSPS) is 12.9. The van der Waals surface area contributed by atoms with Crippen molar-refractivity contribution >= 4 is 0 Å². The van der Waals surface area contributed by atoms with Crippen molar-refractivity contribution in [3.05, 3.63) is 34.4 Å². The van der Waals surface area contributed by atoms with E-state index in [2.05, 4.69) is 46.8 Å². The molecule has 0 amide bonds. The summed E-state index contributed by atoms with van der Waals surface area (Å²) in [5.74, 6) is 0. The smallest absolute Gasteiger partial charge is 0.0594 e. The first-order chi connectivity index (χ1) is 8.00. The van der Waals surface area contributed by atoms with Crippen LogP contribution < -0.4 is 0 Å². The molecular formula is C17H28O. The Balaban J connectivity index is 3.02. The maximum absolute atomic E-state index is 9.84. The van der Waals surface area contributed by atoms with Crippen LogP contribution in [0.1, 0.15) is 63.3 Å². The van der Waals surface area contributed by atoms with Crippen molar-refractivity contribution in [2.45, 2.75) is 72.3 Å². The van der Waals surface area contributed by atoms with E-state index in [0.717, 1.165) is 12.8 Å². The van der Waals surface area contributed by atoms with Crippen molar-refractivity contribution in [3.8, 4) is 0 Å². The van der Waals surface area contributed by atoms with Gasteiger partial charge in [-0.3, -0.25) is 0 Å². The minimum atomic E-state index is -0.582. The average Bonchev–Trinajstić information content (AvgIpc) is 2.12. The molecule has 0 aliphatic rings.